The summed E-state index contributed by atoms with van der Waals surface area (Å²) in [5.74, 6) is 1.20. The van der Waals surface area contributed by atoms with Gasteiger partial charge in [0.15, 0.2) is 21.3 Å². The fourth-order valence-corrected chi connectivity index (χ4v) is 5.48. The molecule has 3 rings (SSSR count). The molecule has 0 bridgehead atoms. The molecule has 6 heteroatoms. The number of fused-ring (bicyclic) bond motifs is 2. The minimum absolute atomic E-state index is 0.179. The second kappa shape index (κ2) is 5.50. The molecule has 1 aromatic carbocycles. The van der Waals surface area contributed by atoms with E-state index >= 15 is 0 Å². The van der Waals surface area contributed by atoms with E-state index in [4.69, 9.17) is 9.47 Å². The molecule has 2 atom stereocenters. The van der Waals surface area contributed by atoms with Gasteiger partial charge in [0.05, 0.1) is 29.4 Å². The fraction of sp³-hybridized carbons (Fsp3) is 0.600. The number of sulfone groups is 1. The number of nitrogens with one attached hydrogen (secondary N) is 1. The average Bonchev–Trinajstić information content (AvgIpc) is 2.63. The van der Waals surface area contributed by atoms with Crippen LogP contribution in [0.1, 0.15) is 37.8 Å². The van der Waals surface area contributed by atoms with Gasteiger partial charge in [-0.2, -0.15) is 0 Å². The van der Waals surface area contributed by atoms with Crippen LogP contribution in [0.25, 0.3) is 0 Å². The fourth-order valence-electron chi connectivity index (χ4n) is 3.19. The first-order valence-corrected chi connectivity index (χ1v) is 8.99. The molecule has 0 aliphatic carbocycles. The van der Waals surface area contributed by atoms with Crippen LogP contribution in [0.4, 0.5) is 0 Å². The molecule has 1 N–H and O–H groups in total. The van der Waals surface area contributed by atoms with Crippen molar-refractivity contribution in [2.24, 2.45) is 0 Å². The van der Waals surface area contributed by atoms with Gasteiger partial charge in [0.25, 0.3) is 0 Å². The van der Waals surface area contributed by atoms with Gasteiger partial charge in [0.1, 0.15) is 0 Å². The lowest BCUT2D eigenvalue weighted by molar-refractivity contribution is 0.296. The van der Waals surface area contributed by atoms with E-state index in [1.54, 1.807) is 13.1 Å². The Kier molecular flexibility index (Phi) is 3.84. The van der Waals surface area contributed by atoms with Gasteiger partial charge in [-0.1, -0.05) is 13.3 Å². The maximum Gasteiger partial charge on any atom is 0.183 e. The number of ether oxygens (including phenoxy) is 2. The Labute approximate surface area is 125 Å². The van der Waals surface area contributed by atoms with Crippen molar-refractivity contribution < 1.29 is 17.9 Å². The highest BCUT2D eigenvalue weighted by Gasteiger charge is 2.44. The van der Waals surface area contributed by atoms with E-state index < -0.39 is 15.1 Å². The van der Waals surface area contributed by atoms with E-state index in [1.165, 1.54) is 0 Å². The van der Waals surface area contributed by atoms with Crippen LogP contribution in [0.3, 0.4) is 0 Å². The number of hydrogen-bond donors (Lipinski definition) is 1. The second-order valence-corrected chi connectivity index (χ2v) is 7.66. The maximum atomic E-state index is 12.8. The Bertz CT molecular complexity index is 641. The first-order chi connectivity index (χ1) is 10.1. The summed E-state index contributed by atoms with van der Waals surface area (Å²) in [5, 5.41) is 2.75. The van der Waals surface area contributed by atoms with Crippen molar-refractivity contribution in [1.82, 2.24) is 5.32 Å². The zero-order chi connectivity index (χ0) is 15.0. The number of rotatable bonds is 3. The van der Waals surface area contributed by atoms with Crippen LogP contribution in [0.2, 0.25) is 0 Å². The van der Waals surface area contributed by atoms with Gasteiger partial charge < -0.3 is 14.8 Å². The SMILES string of the molecule is CCCC1C(NC)c2cc3c(cc2S1(=O)=O)OCCCO3. The average molecular weight is 311 g/mol. The van der Waals surface area contributed by atoms with Crippen LogP contribution in [0.5, 0.6) is 11.5 Å². The highest BCUT2D eigenvalue weighted by atomic mass is 32.2. The number of hydrogen-bond acceptors (Lipinski definition) is 5. The lowest BCUT2D eigenvalue weighted by atomic mass is 10.0. The lowest BCUT2D eigenvalue weighted by Gasteiger charge is -2.18. The minimum atomic E-state index is -3.31. The molecule has 0 amide bonds. The largest absolute Gasteiger partial charge is 0.490 e. The monoisotopic (exact) mass is 311 g/mol. The van der Waals surface area contributed by atoms with Gasteiger partial charge in [-0.25, -0.2) is 8.42 Å². The van der Waals surface area contributed by atoms with Gasteiger partial charge in [-0.15, -0.1) is 0 Å². The van der Waals surface area contributed by atoms with Gasteiger partial charge in [0, 0.05) is 12.5 Å². The molecule has 116 valence electrons. The standard InChI is InChI=1S/C15H21NO4S/c1-3-5-13-15(16-2)10-8-11-12(20-7-4-6-19-11)9-14(10)21(13,17)18/h8-9,13,15-16H,3-7H2,1-2H3. The Morgan fingerprint density at radius 3 is 2.52 bits per heavy atom. The van der Waals surface area contributed by atoms with Gasteiger partial charge in [-0.05, 0) is 25.1 Å². The smallest absolute Gasteiger partial charge is 0.183 e. The van der Waals surface area contributed by atoms with E-state index in [9.17, 15) is 8.42 Å². The summed E-state index contributed by atoms with van der Waals surface area (Å²) in [5.41, 5.74) is 0.806. The molecule has 0 aromatic heterocycles. The van der Waals surface area contributed by atoms with Crippen molar-refractivity contribution in [3.8, 4) is 11.5 Å². The van der Waals surface area contributed by atoms with Crippen LogP contribution in [-0.2, 0) is 9.84 Å². The van der Waals surface area contributed by atoms with Gasteiger partial charge in [-0.3, -0.25) is 0 Å². The predicted octanol–water partition coefficient (Wildman–Crippen LogP) is 2.06. The second-order valence-electron chi connectivity index (χ2n) is 5.53. The van der Waals surface area contributed by atoms with Crippen molar-refractivity contribution >= 4 is 9.84 Å². The minimum Gasteiger partial charge on any atom is -0.490 e. The molecule has 0 fully saturated rings. The van der Waals surface area contributed by atoms with E-state index in [0.29, 0.717) is 36.0 Å². The molecule has 2 aliphatic rings. The maximum absolute atomic E-state index is 12.8. The van der Waals surface area contributed by atoms with E-state index in [1.807, 2.05) is 13.0 Å². The summed E-state index contributed by atoms with van der Waals surface area (Å²) in [6, 6.07) is 3.30. The summed E-state index contributed by atoms with van der Waals surface area (Å²) >= 11 is 0. The Morgan fingerprint density at radius 2 is 1.90 bits per heavy atom. The molecule has 0 radical (unpaired) electrons. The molecule has 2 unspecified atom stereocenters. The molecule has 0 saturated carbocycles. The highest BCUT2D eigenvalue weighted by Crippen LogP contribution is 2.46. The first kappa shape index (κ1) is 14.7. The molecule has 21 heavy (non-hydrogen) atoms. The molecule has 2 aliphatic heterocycles. The van der Waals surface area contributed by atoms with Gasteiger partial charge in [0.2, 0.25) is 0 Å². The zero-order valence-electron chi connectivity index (χ0n) is 12.4. The third-order valence-corrected chi connectivity index (χ3v) is 6.45. The first-order valence-electron chi connectivity index (χ1n) is 7.44. The molecule has 0 spiro atoms. The summed E-state index contributed by atoms with van der Waals surface area (Å²) in [6.07, 6.45) is 2.29. The third-order valence-electron chi connectivity index (χ3n) is 4.18. The predicted molar refractivity (Wildman–Crippen MR) is 79.7 cm³/mol. The Hall–Kier alpha value is -1.27. The molecule has 5 nitrogen and oxygen atoms in total. The molecule has 2 heterocycles. The van der Waals surface area contributed by atoms with E-state index in [-0.39, 0.29) is 6.04 Å². The highest BCUT2D eigenvalue weighted by molar-refractivity contribution is 7.92. The lowest BCUT2D eigenvalue weighted by Crippen LogP contribution is -2.29. The van der Waals surface area contributed by atoms with Crippen LogP contribution in [0.15, 0.2) is 17.0 Å². The van der Waals surface area contributed by atoms with Crippen molar-refractivity contribution in [1.29, 1.82) is 0 Å². The normalized spacial score (nSPS) is 26.2. The topological polar surface area (TPSA) is 64.6 Å². The zero-order valence-corrected chi connectivity index (χ0v) is 13.2. The van der Waals surface area contributed by atoms with Crippen LogP contribution >= 0.6 is 0 Å². The van der Waals surface area contributed by atoms with E-state index in [0.717, 1.165) is 18.4 Å². The van der Waals surface area contributed by atoms with Crippen LogP contribution in [0, 0.1) is 0 Å². The van der Waals surface area contributed by atoms with Crippen molar-refractivity contribution in [3.05, 3.63) is 17.7 Å². The summed E-state index contributed by atoms with van der Waals surface area (Å²) in [6.45, 7) is 3.16. The summed E-state index contributed by atoms with van der Waals surface area (Å²) < 4.78 is 36.9. The molecule has 0 saturated heterocycles. The molecular formula is C15H21NO4S. The molecule has 1 aromatic rings. The third kappa shape index (κ3) is 2.30. The van der Waals surface area contributed by atoms with Gasteiger partial charge >= 0.3 is 0 Å². The quantitative estimate of drug-likeness (QED) is 0.925. The van der Waals surface area contributed by atoms with Crippen molar-refractivity contribution in [2.75, 3.05) is 20.3 Å². The summed E-state index contributed by atoms with van der Waals surface area (Å²) in [7, 11) is -1.51. The van der Waals surface area contributed by atoms with Crippen LogP contribution in [-0.4, -0.2) is 33.9 Å². The Morgan fingerprint density at radius 1 is 1.24 bits per heavy atom. The summed E-state index contributed by atoms with van der Waals surface area (Å²) in [4.78, 5) is 0.393. The van der Waals surface area contributed by atoms with Crippen molar-refractivity contribution in [2.45, 2.75) is 42.4 Å². The van der Waals surface area contributed by atoms with Crippen molar-refractivity contribution in [3.63, 3.8) is 0 Å². The van der Waals surface area contributed by atoms with Crippen LogP contribution < -0.4 is 14.8 Å². The Balaban J connectivity index is 2.13. The number of benzene rings is 1. The van der Waals surface area contributed by atoms with E-state index in [2.05, 4.69) is 5.32 Å². The molecular weight excluding hydrogens is 290 g/mol.